The zero-order valence-electron chi connectivity index (χ0n) is 18.0. The first kappa shape index (κ1) is 21.7. The molecule has 0 saturated carbocycles. The maximum Gasteiger partial charge on any atom is 0.185 e. The van der Waals surface area contributed by atoms with E-state index in [0.29, 0.717) is 30.9 Å². The van der Waals surface area contributed by atoms with Gasteiger partial charge in [-0.15, -0.1) is 0 Å². The average molecular weight is 428 g/mol. The summed E-state index contributed by atoms with van der Waals surface area (Å²) < 4.78 is 13.0. The molecule has 5 nitrogen and oxygen atoms in total. The highest BCUT2D eigenvalue weighted by molar-refractivity contribution is 6.10. The molecule has 0 N–H and O–H groups in total. The molecule has 0 spiro atoms. The minimum Gasteiger partial charge on any atom is -0.382 e. The second-order valence-corrected chi connectivity index (χ2v) is 7.49. The summed E-state index contributed by atoms with van der Waals surface area (Å²) in [7, 11) is 1.67. The first-order chi connectivity index (χ1) is 15.7. The van der Waals surface area contributed by atoms with Gasteiger partial charge in [0.1, 0.15) is 6.29 Å². The Hall–Kier alpha value is -3.54. The lowest BCUT2D eigenvalue weighted by Gasteiger charge is -2.08. The zero-order valence-corrected chi connectivity index (χ0v) is 18.0. The third-order valence-corrected chi connectivity index (χ3v) is 5.45. The number of carbonyl (C=O) groups is 2. The number of aldehydes is 1. The number of nitrogens with zero attached hydrogens (tertiary/aromatic N) is 1. The van der Waals surface area contributed by atoms with Crippen LogP contribution in [0.25, 0.3) is 27.9 Å². The van der Waals surface area contributed by atoms with Gasteiger partial charge in [0.15, 0.2) is 5.78 Å². The lowest BCUT2D eigenvalue weighted by Crippen LogP contribution is -2.09. The minimum absolute atomic E-state index is 0.0989. The van der Waals surface area contributed by atoms with E-state index in [4.69, 9.17) is 9.47 Å². The van der Waals surface area contributed by atoms with Crippen LogP contribution in [0.4, 0.5) is 0 Å². The van der Waals surface area contributed by atoms with Crippen molar-refractivity contribution in [2.45, 2.75) is 6.54 Å². The molecule has 4 aromatic rings. The molecule has 0 aliphatic heterocycles. The molecule has 0 amide bonds. The van der Waals surface area contributed by atoms with Crippen molar-refractivity contribution in [2.75, 3.05) is 26.9 Å². The lowest BCUT2D eigenvalue weighted by atomic mass is 10.1. The second-order valence-electron chi connectivity index (χ2n) is 7.49. The molecule has 0 saturated heterocycles. The number of carbonyl (C=O) groups excluding carboxylic acids is 2. The van der Waals surface area contributed by atoms with Gasteiger partial charge in [0, 0.05) is 46.6 Å². The van der Waals surface area contributed by atoms with Gasteiger partial charge in [-0.2, -0.15) is 0 Å². The molecule has 0 atom stereocenters. The van der Waals surface area contributed by atoms with Crippen LogP contribution in [0.2, 0.25) is 0 Å². The van der Waals surface area contributed by atoms with Gasteiger partial charge < -0.3 is 14.0 Å². The van der Waals surface area contributed by atoms with E-state index in [1.165, 1.54) is 5.39 Å². The minimum atomic E-state index is -0.0989. The molecule has 3 aromatic carbocycles. The smallest absolute Gasteiger partial charge is 0.185 e. The van der Waals surface area contributed by atoms with Crippen molar-refractivity contribution in [1.29, 1.82) is 0 Å². The van der Waals surface area contributed by atoms with E-state index in [-0.39, 0.29) is 5.78 Å². The van der Waals surface area contributed by atoms with E-state index >= 15 is 0 Å². The lowest BCUT2D eigenvalue weighted by molar-refractivity contribution is 0.0673. The largest absolute Gasteiger partial charge is 0.382 e. The second kappa shape index (κ2) is 10.2. The van der Waals surface area contributed by atoms with Crippen LogP contribution in [0.15, 0.2) is 72.8 Å². The number of allylic oxidation sites excluding steroid dienone is 1. The van der Waals surface area contributed by atoms with Crippen LogP contribution in [-0.4, -0.2) is 43.6 Å². The number of hydrogen-bond donors (Lipinski definition) is 0. The fourth-order valence-electron chi connectivity index (χ4n) is 3.81. The molecule has 162 valence electrons. The molecule has 0 aliphatic rings. The molecule has 1 aromatic heterocycles. The Morgan fingerprint density at radius 2 is 1.62 bits per heavy atom. The summed E-state index contributed by atoms with van der Waals surface area (Å²) in [6, 6.07) is 21.2. The van der Waals surface area contributed by atoms with Gasteiger partial charge in [-0.3, -0.25) is 9.59 Å². The van der Waals surface area contributed by atoms with Crippen LogP contribution >= 0.6 is 0 Å². The van der Waals surface area contributed by atoms with Crippen molar-refractivity contribution in [2.24, 2.45) is 0 Å². The predicted octanol–water partition coefficient (Wildman–Crippen LogP) is 5.17. The van der Waals surface area contributed by atoms with Crippen LogP contribution in [0.1, 0.15) is 26.3 Å². The molecule has 5 heteroatoms. The fourth-order valence-corrected chi connectivity index (χ4v) is 3.81. The first-order valence-electron chi connectivity index (χ1n) is 10.6. The quantitative estimate of drug-likeness (QED) is 0.152. The maximum absolute atomic E-state index is 12.5. The Morgan fingerprint density at radius 1 is 0.875 bits per heavy atom. The SMILES string of the molecule is COCCOCCn1c2ccccc2c2cc(/C=C/C(=O)c3ccc(C=O)cc3)ccc21. The van der Waals surface area contributed by atoms with E-state index in [9.17, 15) is 9.59 Å². The Bertz CT molecular complexity index is 1270. The Kier molecular flexibility index (Phi) is 6.90. The monoisotopic (exact) mass is 427 g/mol. The van der Waals surface area contributed by atoms with Crippen molar-refractivity contribution in [3.8, 4) is 0 Å². The summed E-state index contributed by atoms with van der Waals surface area (Å²) in [5, 5.41) is 2.31. The highest BCUT2D eigenvalue weighted by Crippen LogP contribution is 2.30. The highest BCUT2D eigenvalue weighted by Gasteiger charge is 2.10. The predicted molar refractivity (Wildman–Crippen MR) is 127 cm³/mol. The van der Waals surface area contributed by atoms with E-state index in [1.807, 2.05) is 24.3 Å². The van der Waals surface area contributed by atoms with Crippen molar-refractivity contribution in [1.82, 2.24) is 4.57 Å². The van der Waals surface area contributed by atoms with E-state index in [1.54, 1.807) is 37.5 Å². The highest BCUT2D eigenvalue weighted by atomic mass is 16.5. The molecule has 0 fully saturated rings. The molecule has 1 heterocycles. The third kappa shape index (κ3) is 4.69. The van der Waals surface area contributed by atoms with Gasteiger partial charge in [0.05, 0.1) is 19.8 Å². The molecule has 0 unspecified atom stereocenters. The summed E-state index contributed by atoms with van der Waals surface area (Å²) in [6.07, 6.45) is 4.16. The number of hydrogen-bond acceptors (Lipinski definition) is 4. The summed E-state index contributed by atoms with van der Waals surface area (Å²) >= 11 is 0. The van der Waals surface area contributed by atoms with Gasteiger partial charge >= 0.3 is 0 Å². The van der Waals surface area contributed by atoms with Gasteiger partial charge in [0.2, 0.25) is 0 Å². The number of rotatable bonds is 10. The van der Waals surface area contributed by atoms with Crippen molar-refractivity contribution < 1.29 is 19.1 Å². The summed E-state index contributed by atoms with van der Waals surface area (Å²) in [5.41, 5.74) is 4.35. The molecule has 0 bridgehead atoms. The van der Waals surface area contributed by atoms with Crippen molar-refractivity contribution >= 4 is 40.0 Å². The summed E-state index contributed by atoms with van der Waals surface area (Å²) in [6.45, 7) is 2.52. The number of ketones is 1. The Labute approximate surface area is 186 Å². The Morgan fingerprint density at radius 3 is 2.41 bits per heavy atom. The van der Waals surface area contributed by atoms with Gasteiger partial charge in [-0.05, 0) is 29.8 Å². The topological polar surface area (TPSA) is 57.5 Å². The average Bonchev–Trinajstić information content (AvgIpc) is 3.15. The standard InChI is InChI=1S/C27H25NO4/c1-31-16-17-32-15-14-28-25-5-3-2-4-23(25)24-18-20(8-12-26(24)28)9-13-27(30)22-10-6-21(19-29)7-11-22/h2-13,18-19H,14-17H2,1H3/b13-9+. The first-order valence-corrected chi connectivity index (χ1v) is 10.6. The molecule has 0 aliphatic carbocycles. The molecular formula is C27H25NO4. The Balaban J connectivity index is 1.59. The molecular weight excluding hydrogens is 402 g/mol. The van der Waals surface area contributed by atoms with Crippen molar-refractivity contribution in [3.63, 3.8) is 0 Å². The van der Waals surface area contributed by atoms with E-state index in [0.717, 1.165) is 34.8 Å². The number of benzene rings is 3. The maximum atomic E-state index is 12.5. The van der Waals surface area contributed by atoms with Gasteiger partial charge in [-0.25, -0.2) is 0 Å². The molecule has 32 heavy (non-hydrogen) atoms. The molecule has 0 radical (unpaired) electrons. The van der Waals surface area contributed by atoms with Crippen LogP contribution < -0.4 is 0 Å². The number of fused-ring (bicyclic) bond motifs is 3. The fraction of sp³-hybridized carbons (Fsp3) is 0.185. The normalized spacial score (nSPS) is 11.5. The van der Waals surface area contributed by atoms with Crippen LogP contribution in [-0.2, 0) is 16.0 Å². The molecule has 4 rings (SSSR count). The number of aromatic nitrogens is 1. The number of para-hydroxylation sites is 1. The number of ether oxygens (including phenoxy) is 2. The van der Waals surface area contributed by atoms with Gasteiger partial charge in [-0.1, -0.05) is 54.6 Å². The van der Waals surface area contributed by atoms with Crippen LogP contribution in [0.3, 0.4) is 0 Å². The van der Waals surface area contributed by atoms with E-state index in [2.05, 4.69) is 28.8 Å². The van der Waals surface area contributed by atoms with Crippen LogP contribution in [0, 0.1) is 0 Å². The zero-order chi connectivity index (χ0) is 22.3. The van der Waals surface area contributed by atoms with Crippen LogP contribution in [0.5, 0.6) is 0 Å². The van der Waals surface area contributed by atoms with Crippen molar-refractivity contribution in [3.05, 3.63) is 89.5 Å². The van der Waals surface area contributed by atoms with Gasteiger partial charge in [0.25, 0.3) is 0 Å². The van der Waals surface area contributed by atoms with E-state index < -0.39 is 0 Å². The summed E-state index contributed by atoms with van der Waals surface area (Å²) in [5.74, 6) is -0.0989. The third-order valence-electron chi connectivity index (χ3n) is 5.45. The number of methoxy groups -OCH3 is 1. The summed E-state index contributed by atoms with van der Waals surface area (Å²) in [4.78, 5) is 23.3.